The van der Waals surface area contributed by atoms with Crippen LogP contribution in [0.4, 0.5) is 0 Å². The topological polar surface area (TPSA) is 42.0 Å². The first-order chi connectivity index (χ1) is 6.09. The molecule has 1 aliphatic rings. The van der Waals surface area contributed by atoms with Crippen molar-refractivity contribution in [1.82, 2.24) is 10.3 Å². The molecule has 1 N–H and O–H groups in total. The summed E-state index contributed by atoms with van der Waals surface area (Å²) in [5.74, 6) is 0.427. The van der Waals surface area contributed by atoms with Crippen LogP contribution in [0.5, 0.6) is 0 Å². The van der Waals surface area contributed by atoms with E-state index in [-0.39, 0.29) is 17.4 Å². The number of carbonyl (C=O) groups excluding carboxylic acids is 1. The van der Waals surface area contributed by atoms with Crippen molar-refractivity contribution < 1.29 is 4.79 Å². The Hall–Kier alpha value is -0.900. The molecule has 3 nitrogen and oxygen atoms in total. The molecule has 4 heteroatoms. The minimum absolute atomic E-state index is 0.121. The highest BCUT2D eigenvalue weighted by Gasteiger charge is 2.40. The Bertz CT molecular complexity index is 318. The van der Waals surface area contributed by atoms with Crippen molar-refractivity contribution in [3.8, 4) is 0 Å². The van der Waals surface area contributed by atoms with Gasteiger partial charge in [0.2, 0.25) is 5.91 Å². The van der Waals surface area contributed by atoms with Gasteiger partial charge in [0.05, 0.1) is 5.51 Å². The highest BCUT2D eigenvalue weighted by atomic mass is 32.1. The molecule has 0 radical (unpaired) electrons. The number of nitrogens with zero attached hydrogens (tertiary/aromatic N) is 1. The van der Waals surface area contributed by atoms with Crippen molar-refractivity contribution in [3.63, 3.8) is 0 Å². The van der Waals surface area contributed by atoms with Crippen LogP contribution in [0.1, 0.15) is 31.1 Å². The third-order valence-electron chi connectivity index (χ3n) is 2.52. The van der Waals surface area contributed by atoms with Crippen LogP contribution in [0.2, 0.25) is 0 Å². The van der Waals surface area contributed by atoms with Crippen LogP contribution in [-0.2, 0) is 4.79 Å². The molecule has 1 fully saturated rings. The molecule has 1 saturated heterocycles. The van der Waals surface area contributed by atoms with Crippen molar-refractivity contribution in [3.05, 3.63) is 16.6 Å². The second-order valence-electron chi connectivity index (χ2n) is 3.93. The maximum Gasteiger partial charge on any atom is 0.221 e. The van der Waals surface area contributed by atoms with Gasteiger partial charge in [0.1, 0.15) is 0 Å². The van der Waals surface area contributed by atoms with Crippen LogP contribution in [0.15, 0.2) is 11.7 Å². The summed E-state index contributed by atoms with van der Waals surface area (Å²) < 4.78 is 0. The fraction of sp³-hybridized carbons (Fsp3) is 0.556. The van der Waals surface area contributed by atoms with E-state index in [0.717, 1.165) is 0 Å². The van der Waals surface area contributed by atoms with Crippen LogP contribution in [0.25, 0.3) is 0 Å². The van der Waals surface area contributed by atoms with Gasteiger partial charge in [-0.05, 0) is 13.8 Å². The molecule has 2 rings (SSSR count). The molecule has 70 valence electrons. The first kappa shape index (κ1) is 8.69. The number of carbonyl (C=O) groups is 1. The van der Waals surface area contributed by atoms with E-state index in [2.05, 4.69) is 24.1 Å². The number of nitrogens with one attached hydrogen (secondary N) is 1. The normalized spacial score (nSPS) is 26.0. The van der Waals surface area contributed by atoms with Crippen molar-refractivity contribution in [2.75, 3.05) is 0 Å². The number of rotatable bonds is 1. The molecule has 1 amide bonds. The molecule has 1 aromatic heterocycles. The summed E-state index contributed by atoms with van der Waals surface area (Å²) in [7, 11) is 0. The molecule has 2 heterocycles. The zero-order valence-electron chi connectivity index (χ0n) is 7.70. The smallest absolute Gasteiger partial charge is 0.221 e. The number of aromatic nitrogens is 1. The van der Waals surface area contributed by atoms with E-state index in [1.165, 1.54) is 4.88 Å². The summed E-state index contributed by atoms with van der Waals surface area (Å²) in [5, 5.41) is 2.97. The minimum Gasteiger partial charge on any atom is -0.351 e. The molecule has 1 aromatic rings. The predicted molar refractivity (Wildman–Crippen MR) is 51.7 cm³/mol. The molecule has 0 aromatic carbocycles. The third-order valence-corrected chi connectivity index (χ3v) is 3.41. The third kappa shape index (κ3) is 1.46. The average Bonchev–Trinajstić information content (AvgIpc) is 2.56. The maximum atomic E-state index is 11.2. The SMILES string of the molecule is CC1(C)NC(=O)CC1c1cncs1. The Balaban J connectivity index is 2.30. The van der Waals surface area contributed by atoms with Crippen LogP contribution < -0.4 is 5.32 Å². The number of thiazole rings is 1. The Morgan fingerprint density at radius 2 is 2.46 bits per heavy atom. The van der Waals surface area contributed by atoms with Gasteiger partial charge in [-0.3, -0.25) is 9.78 Å². The first-order valence-corrected chi connectivity index (χ1v) is 5.17. The lowest BCUT2D eigenvalue weighted by Gasteiger charge is -2.24. The van der Waals surface area contributed by atoms with Gasteiger partial charge >= 0.3 is 0 Å². The van der Waals surface area contributed by atoms with E-state index in [4.69, 9.17) is 0 Å². The quantitative estimate of drug-likeness (QED) is 0.740. The molecule has 0 spiro atoms. The standard InChI is InChI=1S/C9H12N2OS/c1-9(2)6(3-8(12)11-9)7-4-10-5-13-7/h4-6H,3H2,1-2H3,(H,11,12). The summed E-state index contributed by atoms with van der Waals surface area (Å²) in [5.41, 5.74) is 1.69. The highest BCUT2D eigenvalue weighted by molar-refractivity contribution is 7.09. The number of amides is 1. The fourth-order valence-corrected chi connectivity index (χ4v) is 2.70. The second-order valence-corrected chi connectivity index (χ2v) is 4.85. The van der Waals surface area contributed by atoms with Crippen molar-refractivity contribution >= 4 is 17.2 Å². The van der Waals surface area contributed by atoms with Gasteiger partial charge in [0, 0.05) is 29.0 Å². The lowest BCUT2D eigenvalue weighted by atomic mass is 9.88. The summed E-state index contributed by atoms with van der Waals surface area (Å²) in [6.45, 7) is 4.12. The van der Waals surface area contributed by atoms with E-state index < -0.39 is 0 Å². The highest BCUT2D eigenvalue weighted by Crippen LogP contribution is 2.37. The molecule has 0 saturated carbocycles. The van der Waals surface area contributed by atoms with Crippen LogP contribution in [0.3, 0.4) is 0 Å². The average molecular weight is 196 g/mol. The van der Waals surface area contributed by atoms with Crippen LogP contribution in [0, 0.1) is 0 Å². The Morgan fingerprint density at radius 1 is 1.69 bits per heavy atom. The predicted octanol–water partition coefficient (Wildman–Crippen LogP) is 1.53. The lowest BCUT2D eigenvalue weighted by Crippen LogP contribution is -2.38. The Morgan fingerprint density at radius 3 is 2.92 bits per heavy atom. The molecular formula is C9H12N2OS. The summed E-state index contributed by atoms with van der Waals surface area (Å²) >= 11 is 1.62. The number of hydrogen-bond acceptors (Lipinski definition) is 3. The zero-order valence-corrected chi connectivity index (χ0v) is 8.52. The van der Waals surface area contributed by atoms with E-state index in [9.17, 15) is 4.79 Å². The van der Waals surface area contributed by atoms with Crippen LogP contribution >= 0.6 is 11.3 Å². The van der Waals surface area contributed by atoms with E-state index >= 15 is 0 Å². The van der Waals surface area contributed by atoms with Gasteiger partial charge < -0.3 is 5.32 Å². The van der Waals surface area contributed by atoms with E-state index in [1.54, 1.807) is 11.3 Å². The van der Waals surface area contributed by atoms with Gasteiger partial charge in [0.15, 0.2) is 0 Å². The fourth-order valence-electron chi connectivity index (χ4n) is 1.79. The molecule has 13 heavy (non-hydrogen) atoms. The zero-order chi connectivity index (χ0) is 9.47. The summed E-state index contributed by atoms with van der Waals surface area (Å²) in [4.78, 5) is 16.5. The van der Waals surface area contributed by atoms with Crippen molar-refractivity contribution in [2.45, 2.75) is 31.7 Å². The molecule has 0 aliphatic carbocycles. The van der Waals surface area contributed by atoms with E-state index in [0.29, 0.717) is 6.42 Å². The monoisotopic (exact) mass is 196 g/mol. The van der Waals surface area contributed by atoms with Gasteiger partial charge in [-0.1, -0.05) is 0 Å². The van der Waals surface area contributed by atoms with Gasteiger partial charge in [-0.15, -0.1) is 11.3 Å². The van der Waals surface area contributed by atoms with Crippen LogP contribution in [-0.4, -0.2) is 16.4 Å². The minimum atomic E-state index is -0.121. The van der Waals surface area contributed by atoms with Gasteiger partial charge in [-0.25, -0.2) is 0 Å². The van der Waals surface area contributed by atoms with Gasteiger partial charge in [-0.2, -0.15) is 0 Å². The Kier molecular flexibility index (Phi) is 1.87. The van der Waals surface area contributed by atoms with E-state index in [1.807, 2.05) is 11.7 Å². The molecule has 0 bridgehead atoms. The lowest BCUT2D eigenvalue weighted by molar-refractivity contribution is -0.119. The van der Waals surface area contributed by atoms with Crippen molar-refractivity contribution in [2.24, 2.45) is 0 Å². The molecule has 1 aliphatic heterocycles. The second kappa shape index (κ2) is 2.80. The molecule has 1 unspecified atom stereocenters. The summed E-state index contributed by atoms with van der Waals surface area (Å²) in [6, 6.07) is 0. The molecular weight excluding hydrogens is 184 g/mol. The summed E-state index contributed by atoms with van der Waals surface area (Å²) in [6.07, 6.45) is 2.45. The Labute approximate surface area is 81.2 Å². The first-order valence-electron chi connectivity index (χ1n) is 4.29. The van der Waals surface area contributed by atoms with Gasteiger partial charge in [0.25, 0.3) is 0 Å². The van der Waals surface area contributed by atoms with Crippen molar-refractivity contribution in [1.29, 1.82) is 0 Å². The molecule has 1 atom stereocenters. The maximum absolute atomic E-state index is 11.2. The largest absolute Gasteiger partial charge is 0.351 e. The number of hydrogen-bond donors (Lipinski definition) is 1.